The van der Waals surface area contributed by atoms with Gasteiger partial charge in [-0.05, 0) is 420 Å². The van der Waals surface area contributed by atoms with Crippen LogP contribution in [0.5, 0.6) is 0 Å². The molecular formula is C113H212N16O10. The molecule has 0 spiro atoms. The van der Waals surface area contributed by atoms with E-state index in [1.807, 2.05) is 0 Å². The van der Waals surface area contributed by atoms with Gasteiger partial charge >= 0.3 is 0 Å². The minimum atomic E-state index is 0.161. The Kier molecular flexibility index (Phi) is 54.5. The van der Waals surface area contributed by atoms with Gasteiger partial charge in [0, 0.05) is 160 Å². The van der Waals surface area contributed by atoms with Gasteiger partial charge in [0.2, 0.25) is 41.4 Å². The molecular weight excluding hydrogens is 1740 g/mol. The van der Waals surface area contributed by atoms with E-state index in [0.717, 1.165) is 310 Å². The summed E-state index contributed by atoms with van der Waals surface area (Å²) < 4.78 is 11.0. The molecule has 0 radical (unpaired) electrons. The first kappa shape index (κ1) is 120. The number of hydrogen-bond donors (Lipinski definition) is 4. The molecule has 4 bridgehead atoms. The SMILES string of the molecule is CC(=O)C1CCN(C(C)C)CC1.CC(C)N1CCC(C(=O)N2CC3CCC(C3)C2)CC1.CC(C)N1CCC(C(=O)N2CC3CCC2C3)CC1.CC(C)N1CCC(C(=O)NC2CCCCC2N)CC1.CCC1COCCN1C(=O)C1CCN(C(C)C)CC1.CCC1COCCN1C(=O)C1CCN(C(C)C)CC1.CCCCCCNC(=O)C1CCN(C(C)C)CC1.CCCNC(=O)C1CCN(C(C)C)CC1. The Bertz CT molecular complexity index is 3380. The number of likely N-dealkylation sites (tertiary alicyclic amines) is 10. The Morgan fingerprint density at radius 1 is 0.309 bits per heavy atom. The Hall–Kier alpha value is -4.48. The molecule has 7 amide bonds. The number of ketones is 1. The standard InChI is InChI=1S/C16H28N2O.C15H29N3O.2C15H28N2O2.C15H26N2O.C15H30N2O.C12H24N2O.C10H19NO/c1-12(2)17-7-5-15(6-8-17)16(19)18-10-13-3-4-14(9-13)11-18;1-11(2)18-9-7-12(8-10-18)15(19)17-14-6-4-3-5-13(14)16;2*1-4-14-11-19-10-9-17(14)15(18)13-5-7-16(8-6-13)12(2)3;1-11(2)16-7-5-13(6-8-16)15(18)17-10-12-3-4-14(17)9-12;1-4-5-6-7-10-16-15(18)14-8-11-17(12-9-14)13(2)3;1-4-7-13-12(15)11-5-8-14(9-6-11)10(2)3;1-8(2)11-6-4-10(5-7-11)9(3)12/h12-15H,3-11H2,1-2H3;11-14H,3-10,16H2,1-2H3,(H,17,19);2*12-14H,4-11H2,1-3H3;11-14H,3-10H2,1-2H3;13-14H,4-12H2,1-3H3,(H,16,18);10-11H,4-9H2,1-3H3,(H,13,15);8,10H,4-7H2,1-3H3. The molecule has 139 heavy (non-hydrogen) atoms. The summed E-state index contributed by atoms with van der Waals surface area (Å²) in [6.45, 7) is 72.5. The van der Waals surface area contributed by atoms with E-state index >= 15 is 0 Å². The van der Waals surface area contributed by atoms with Crippen molar-refractivity contribution in [2.24, 2.45) is 70.8 Å². The second-order valence-corrected chi connectivity index (χ2v) is 47.0. The lowest BCUT2D eigenvalue weighted by molar-refractivity contribution is -0.146. The lowest BCUT2D eigenvalue weighted by Gasteiger charge is -2.40. The molecule has 12 heterocycles. The third-order valence-electron chi connectivity index (χ3n) is 34.8. The molecule has 12 saturated heterocycles. The molecule has 12 aliphatic heterocycles. The number of ether oxygens (including phenoxy) is 2. The van der Waals surface area contributed by atoms with Crippen LogP contribution in [0, 0.1) is 65.1 Å². The van der Waals surface area contributed by atoms with Gasteiger partial charge in [-0.15, -0.1) is 0 Å². The summed E-state index contributed by atoms with van der Waals surface area (Å²) in [6.07, 6.45) is 37.0. The Balaban J connectivity index is 0.000000195. The van der Waals surface area contributed by atoms with Gasteiger partial charge in [-0.1, -0.05) is 59.8 Å². The Morgan fingerprint density at radius 2 is 0.619 bits per heavy atom. The van der Waals surface area contributed by atoms with E-state index in [9.17, 15) is 38.4 Å². The van der Waals surface area contributed by atoms with Crippen molar-refractivity contribution < 1.29 is 47.8 Å². The van der Waals surface area contributed by atoms with E-state index in [4.69, 9.17) is 15.2 Å². The maximum atomic E-state index is 12.7. The number of nitrogens with two attached hydrogens (primary N) is 1. The number of morpholine rings is 2. The lowest BCUT2D eigenvalue weighted by atomic mass is 9.89. The normalized spacial score (nSPS) is 26.7. The Labute approximate surface area is 848 Å². The van der Waals surface area contributed by atoms with Gasteiger partial charge in [0.1, 0.15) is 5.78 Å². The van der Waals surface area contributed by atoms with Crippen molar-refractivity contribution in [2.45, 2.75) is 436 Å². The summed E-state index contributed by atoms with van der Waals surface area (Å²) in [5.41, 5.74) is 6.10. The van der Waals surface area contributed by atoms with Crippen molar-refractivity contribution in [1.29, 1.82) is 0 Å². The number of hydrogen-bond acceptors (Lipinski definition) is 19. The summed E-state index contributed by atoms with van der Waals surface area (Å²) in [6, 6.07) is 6.48. The quantitative estimate of drug-likeness (QED) is 0.0587. The molecule has 8 atom stereocenters. The monoisotopic (exact) mass is 1950 g/mol. The van der Waals surface area contributed by atoms with Gasteiger partial charge in [0.05, 0.1) is 38.5 Å². The molecule has 0 aromatic rings. The summed E-state index contributed by atoms with van der Waals surface area (Å²) in [5, 5.41) is 9.29. The number of unbranched alkanes of at least 4 members (excludes halogenated alkanes) is 3. The summed E-state index contributed by atoms with van der Waals surface area (Å²) >= 11 is 0. The maximum Gasteiger partial charge on any atom is 0.226 e. The molecule has 3 saturated carbocycles. The van der Waals surface area contributed by atoms with Gasteiger partial charge in [-0.2, -0.15) is 0 Å². The molecule has 0 aromatic heterocycles. The topological polar surface area (TPSA) is 256 Å². The molecule has 15 fully saturated rings. The van der Waals surface area contributed by atoms with Crippen LogP contribution in [0.3, 0.4) is 0 Å². The number of nitrogens with zero attached hydrogens (tertiary/aromatic N) is 12. The van der Waals surface area contributed by atoms with Crippen molar-refractivity contribution in [3.05, 3.63) is 0 Å². The lowest BCUT2D eigenvalue weighted by Crippen LogP contribution is -2.52. The highest BCUT2D eigenvalue weighted by Crippen LogP contribution is 2.41. The van der Waals surface area contributed by atoms with Crippen molar-refractivity contribution in [2.75, 3.05) is 177 Å². The first-order valence-corrected chi connectivity index (χ1v) is 57.9. The fourth-order valence-electron chi connectivity index (χ4n) is 24.6. The van der Waals surface area contributed by atoms with E-state index in [2.05, 4.69) is 213 Å². The average Bonchev–Trinajstić information content (AvgIpc) is 1.46. The maximum absolute atomic E-state index is 12.7. The molecule has 15 aliphatic rings. The highest BCUT2D eigenvalue weighted by atomic mass is 16.5. The number of amides is 7. The van der Waals surface area contributed by atoms with Crippen molar-refractivity contribution in [3.63, 3.8) is 0 Å². The number of Topliss-reactive ketones (excluding diaryl/α,β-unsaturated/α-hetero) is 1. The zero-order valence-corrected chi connectivity index (χ0v) is 92.8. The van der Waals surface area contributed by atoms with Gasteiger partial charge < -0.3 is 90.0 Å². The van der Waals surface area contributed by atoms with Gasteiger partial charge in [0.25, 0.3) is 0 Å². The van der Waals surface area contributed by atoms with E-state index in [-0.39, 0.29) is 59.4 Å². The van der Waals surface area contributed by atoms with E-state index in [1.54, 1.807) is 6.92 Å². The molecule has 26 nitrogen and oxygen atoms in total. The van der Waals surface area contributed by atoms with Crippen LogP contribution in [0.2, 0.25) is 0 Å². The van der Waals surface area contributed by atoms with Crippen molar-refractivity contribution in [3.8, 4) is 0 Å². The summed E-state index contributed by atoms with van der Waals surface area (Å²) in [7, 11) is 0. The second kappa shape index (κ2) is 63.3. The first-order chi connectivity index (χ1) is 66.5. The molecule has 3 aliphatic carbocycles. The van der Waals surface area contributed by atoms with Crippen LogP contribution in [0.1, 0.15) is 357 Å². The second-order valence-electron chi connectivity index (χ2n) is 47.0. The fourth-order valence-corrected chi connectivity index (χ4v) is 24.6. The highest BCUT2D eigenvalue weighted by Gasteiger charge is 2.45. The molecule has 804 valence electrons. The van der Waals surface area contributed by atoms with Crippen LogP contribution < -0.4 is 21.7 Å². The van der Waals surface area contributed by atoms with Gasteiger partial charge in [0.15, 0.2) is 0 Å². The summed E-state index contributed by atoms with van der Waals surface area (Å²) in [5.74, 6) is 7.49. The van der Waals surface area contributed by atoms with Crippen molar-refractivity contribution >= 4 is 47.1 Å². The van der Waals surface area contributed by atoms with E-state index in [1.165, 1.54) is 70.6 Å². The number of carbonyl (C=O) groups is 8. The fraction of sp³-hybridized carbons (Fsp3) is 0.929. The summed E-state index contributed by atoms with van der Waals surface area (Å²) in [4.78, 5) is 126. The van der Waals surface area contributed by atoms with Gasteiger partial charge in [-0.25, -0.2) is 0 Å². The predicted molar refractivity (Wildman–Crippen MR) is 568 cm³/mol. The number of nitrogens with one attached hydrogen (secondary N) is 3. The Morgan fingerprint density at radius 3 is 0.928 bits per heavy atom. The third-order valence-corrected chi connectivity index (χ3v) is 34.8. The number of piperidine rings is 10. The number of rotatable bonds is 26. The van der Waals surface area contributed by atoms with Crippen molar-refractivity contribution in [1.82, 2.24) is 74.7 Å². The van der Waals surface area contributed by atoms with Crippen LogP contribution in [0.4, 0.5) is 0 Å². The number of fused-ring (bicyclic) bond motifs is 4. The van der Waals surface area contributed by atoms with E-state index < -0.39 is 0 Å². The zero-order valence-electron chi connectivity index (χ0n) is 92.8. The molecule has 15 rings (SSSR count). The minimum absolute atomic E-state index is 0.161. The van der Waals surface area contributed by atoms with Crippen LogP contribution in [-0.2, 0) is 47.8 Å². The molecule has 5 N–H and O–H groups in total. The largest absolute Gasteiger partial charge is 0.377 e. The number of carbonyl (C=O) groups excluding carboxylic acids is 8. The minimum Gasteiger partial charge on any atom is -0.377 e. The average molecular weight is 1960 g/mol. The predicted octanol–water partition coefficient (Wildman–Crippen LogP) is 15.6. The molecule has 26 heteroatoms. The van der Waals surface area contributed by atoms with Crippen LogP contribution in [-0.4, -0.2) is 361 Å². The van der Waals surface area contributed by atoms with Crippen LogP contribution >= 0.6 is 0 Å². The highest BCUT2D eigenvalue weighted by molar-refractivity contribution is 5.82. The van der Waals surface area contributed by atoms with Gasteiger partial charge in [-0.3, -0.25) is 38.4 Å². The van der Waals surface area contributed by atoms with Crippen LogP contribution in [0.25, 0.3) is 0 Å². The molecule has 0 aromatic carbocycles. The third kappa shape index (κ3) is 39.6. The smallest absolute Gasteiger partial charge is 0.226 e. The molecule has 8 unspecified atom stereocenters. The van der Waals surface area contributed by atoms with E-state index in [0.29, 0.717) is 140 Å². The zero-order chi connectivity index (χ0) is 101. The first-order valence-electron chi connectivity index (χ1n) is 57.9. The van der Waals surface area contributed by atoms with Crippen LogP contribution in [0.15, 0.2) is 0 Å².